The monoisotopic (exact) mass is 313 g/mol. The molecule has 0 aliphatic heterocycles. The van der Waals surface area contributed by atoms with E-state index >= 15 is 0 Å². The summed E-state index contributed by atoms with van der Waals surface area (Å²) in [5.74, 6) is -0.612. The van der Waals surface area contributed by atoms with Crippen LogP contribution in [0.25, 0.3) is 0 Å². The molecule has 0 aromatic heterocycles. The summed E-state index contributed by atoms with van der Waals surface area (Å²) in [6.07, 6.45) is 0. The van der Waals surface area contributed by atoms with Gasteiger partial charge in [0.05, 0.1) is 11.4 Å². The van der Waals surface area contributed by atoms with E-state index < -0.39 is 15.9 Å². The average molecular weight is 313 g/mol. The highest BCUT2D eigenvalue weighted by molar-refractivity contribution is 7.89. The Labute approximate surface area is 126 Å². The van der Waals surface area contributed by atoms with Crippen molar-refractivity contribution < 1.29 is 13.2 Å². The summed E-state index contributed by atoms with van der Waals surface area (Å²) < 4.78 is 26.8. The van der Waals surface area contributed by atoms with Crippen molar-refractivity contribution in [1.29, 1.82) is 0 Å². The molecule has 6 nitrogen and oxygen atoms in total. The molecule has 1 aromatic carbocycles. The highest BCUT2D eigenvalue weighted by atomic mass is 32.2. The van der Waals surface area contributed by atoms with Gasteiger partial charge in [0.25, 0.3) is 0 Å². The zero-order valence-corrected chi connectivity index (χ0v) is 13.7. The van der Waals surface area contributed by atoms with E-state index in [4.69, 9.17) is 11.5 Å². The number of anilines is 1. The number of carbonyl (C=O) groups is 1. The second-order valence-corrected chi connectivity index (χ2v) is 7.46. The van der Waals surface area contributed by atoms with Crippen molar-refractivity contribution in [2.45, 2.75) is 32.6 Å². The maximum absolute atomic E-state index is 12.9. The van der Waals surface area contributed by atoms with Crippen LogP contribution in [-0.4, -0.2) is 31.7 Å². The van der Waals surface area contributed by atoms with Gasteiger partial charge >= 0.3 is 0 Å². The minimum Gasteiger partial charge on any atom is -0.398 e. The molecule has 1 aromatic rings. The van der Waals surface area contributed by atoms with Crippen molar-refractivity contribution in [3.63, 3.8) is 0 Å². The predicted octanol–water partition coefficient (Wildman–Crippen LogP) is 1.02. The first kappa shape index (κ1) is 17.5. The molecule has 0 radical (unpaired) electrons. The maximum Gasteiger partial charge on any atom is 0.244 e. The summed E-state index contributed by atoms with van der Waals surface area (Å²) >= 11 is 0. The number of hydrogen-bond donors (Lipinski definition) is 2. The summed E-state index contributed by atoms with van der Waals surface area (Å²) in [5, 5.41) is 0. The molecule has 0 spiro atoms. The molecule has 118 valence electrons. The third-order valence-electron chi connectivity index (χ3n) is 3.14. The van der Waals surface area contributed by atoms with Gasteiger partial charge in [-0.3, -0.25) is 4.79 Å². The van der Waals surface area contributed by atoms with E-state index in [1.165, 1.54) is 0 Å². The van der Waals surface area contributed by atoms with Gasteiger partial charge in [0.2, 0.25) is 15.9 Å². The molecule has 0 bridgehead atoms. The van der Waals surface area contributed by atoms with E-state index in [-0.39, 0.29) is 23.9 Å². The number of hydrogen-bond acceptors (Lipinski definition) is 4. The molecule has 0 aliphatic carbocycles. The number of nitrogens with zero attached hydrogens (tertiary/aromatic N) is 1. The molecule has 0 heterocycles. The largest absolute Gasteiger partial charge is 0.398 e. The Balaban J connectivity index is 3.42. The number of aryl methyl sites for hydroxylation is 1. The first-order valence-corrected chi connectivity index (χ1v) is 8.15. The molecule has 1 rings (SSSR count). The van der Waals surface area contributed by atoms with Gasteiger partial charge < -0.3 is 11.5 Å². The molecule has 0 aliphatic rings. The number of nitrogen functional groups attached to an aromatic ring is 1. The van der Waals surface area contributed by atoms with Crippen molar-refractivity contribution in [2.75, 3.05) is 18.8 Å². The standard InChI is InChI=1S/C14H23N3O3S/c1-9(2)7-17(8-13(16)18)21(19,20)14-10(3)5-6-12(15)11(14)4/h5-6,9H,7-8,15H2,1-4H3,(H2,16,18). The summed E-state index contributed by atoms with van der Waals surface area (Å²) in [7, 11) is -3.82. The van der Waals surface area contributed by atoms with E-state index in [2.05, 4.69) is 0 Å². The van der Waals surface area contributed by atoms with Gasteiger partial charge in [0, 0.05) is 12.2 Å². The summed E-state index contributed by atoms with van der Waals surface area (Å²) in [5.41, 5.74) is 12.5. The van der Waals surface area contributed by atoms with Crippen LogP contribution in [0.15, 0.2) is 17.0 Å². The Morgan fingerprint density at radius 3 is 2.33 bits per heavy atom. The van der Waals surface area contributed by atoms with Crippen molar-refractivity contribution in [1.82, 2.24) is 4.31 Å². The van der Waals surface area contributed by atoms with Crippen LogP contribution in [0.1, 0.15) is 25.0 Å². The molecule has 0 saturated heterocycles. The van der Waals surface area contributed by atoms with Gasteiger partial charge in [-0.2, -0.15) is 4.31 Å². The minimum absolute atomic E-state index is 0.0702. The van der Waals surface area contributed by atoms with Crippen LogP contribution in [0.2, 0.25) is 0 Å². The number of amides is 1. The third-order valence-corrected chi connectivity index (χ3v) is 5.25. The van der Waals surface area contributed by atoms with Crippen LogP contribution in [-0.2, 0) is 14.8 Å². The smallest absolute Gasteiger partial charge is 0.244 e. The predicted molar refractivity (Wildman–Crippen MR) is 83.1 cm³/mol. The Hall–Kier alpha value is -1.60. The highest BCUT2D eigenvalue weighted by Gasteiger charge is 2.30. The fraction of sp³-hybridized carbons (Fsp3) is 0.500. The summed E-state index contributed by atoms with van der Waals surface area (Å²) in [6.45, 7) is 7.00. The van der Waals surface area contributed by atoms with Crippen LogP contribution in [0, 0.1) is 19.8 Å². The Morgan fingerprint density at radius 2 is 1.86 bits per heavy atom. The Kier molecular flexibility index (Phi) is 5.36. The highest BCUT2D eigenvalue weighted by Crippen LogP contribution is 2.28. The van der Waals surface area contributed by atoms with Gasteiger partial charge in [-0.05, 0) is 37.0 Å². The van der Waals surface area contributed by atoms with Gasteiger partial charge in [0.15, 0.2) is 0 Å². The van der Waals surface area contributed by atoms with Crippen LogP contribution in [0.4, 0.5) is 5.69 Å². The second-order valence-electron chi connectivity index (χ2n) is 5.58. The normalized spacial score (nSPS) is 12.1. The quantitative estimate of drug-likeness (QED) is 0.764. The number of sulfonamides is 1. The second kappa shape index (κ2) is 6.44. The fourth-order valence-electron chi connectivity index (χ4n) is 2.20. The third kappa shape index (κ3) is 3.95. The lowest BCUT2D eigenvalue weighted by atomic mass is 10.1. The fourth-order valence-corrected chi connectivity index (χ4v) is 4.23. The van der Waals surface area contributed by atoms with Crippen LogP contribution in [0.5, 0.6) is 0 Å². The zero-order valence-electron chi connectivity index (χ0n) is 12.9. The van der Waals surface area contributed by atoms with Crippen LogP contribution in [0.3, 0.4) is 0 Å². The van der Waals surface area contributed by atoms with E-state index in [1.807, 2.05) is 13.8 Å². The van der Waals surface area contributed by atoms with Gasteiger partial charge in [-0.15, -0.1) is 0 Å². The first-order valence-electron chi connectivity index (χ1n) is 6.71. The first-order chi connectivity index (χ1) is 9.57. The molecule has 4 N–H and O–H groups in total. The lowest BCUT2D eigenvalue weighted by Crippen LogP contribution is -2.41. The molecule has 7 heteroatoms. The number of nitrogens with two attached hydrogens (primary N) is 2. The van der Waals surface area contributed by atoms with Crippen molar-refractivity contribution >= 4 is 21.6 Å². The van der Waals surface area contributed by atoms with Crippen molar-refractivity contribution in [2.24, 2.45) is 11.7 Å². The van der Waals surface area contributed by atoms with Crippen LogP contribution < -0.4 is 11.5 Å². The average Bonchev–Trinajstić information content (AvgIpc) is 2.32. The molecule has 0 atom stereocenters. The SMILES string of the molecule is Cc1ccc(N)c(C)c1S(=O)(=O)N(CC(N)=O)CC(C)C. The minimum atomic E-state index is -3.82. The van der Waals surface area contributed by atoms with Gasteiger partial charge in [-0.1, -0.05) is 19.9 Å². The van der Waals surface area contributed by atoms with Gasteiger partial charge in [-0.25, -0.2) is 8.42 Å². The summed E-state index contributed by atoms with van der Waals surface area (Å²) in [4.78, 5) is 11.4. The Morgan fingerprint density at radius 1 is 1.29 bits per heavy atom. The lowest BCUT2D eigenvalue weighted by Gasteiger charge is -2.25. The zero-order chi connectivity index (χ0) is 16.4. The van der Waals surface area contributed by atoms with Crippen molar-refractivity contribution in [3.8, 4) is 0 Å². The number of primary amides is 1. The molecular formula is C14H23N3O3S. The molecular weight excluding hydrogens is 290 g/mol. The van der Waals surface area contributed by atoms with Crippen LogP contribution >= 0.6 is 0 Å². The summed E-state index contributed by atoms with van der Waals surface area (Å²) in [6, 6.07) is 3.33. The maximum atomic E-state index is 12.9. The Bertz CT molecular complexity index is 639. The number of rotatable bonds is 6. The molecule has 21 heavy (non-hydrogen) atoms. The lowest BCUT2D eigenvalue weighted by molar-refractivity contribution is -0.118. The number of carbonyl (C=O) groups excluding carboxylic acids is 1. The van der Waals surface area contributed by atoms with E-state index in [0.717, 1.165) is 4.31 Å². The molecule has 0 fully saturated rings. The topological polar surface area (TPSA) is 106 Å². The van der Waals surface area contributed by atoms with E-state index in [0.29, 0.717) is 16.8 Å². The number of benzene rings is 1. The molecule has 1 amide bonds. The van der Waals surface area contributed by atoms with E-state index in [1.54, 1.807) is 26.0 Å². The molecule has 0 unspecified atom stereocenters. The van der Waals surface area contributed by atoms with E-state index in [9.17, 15) is 13.2 Å². The van der Waals surface area contributed by atoms with Gasteiger partial charge in [0.1, 0.15) is 0 Å². The molecule has 0 saturated carbocycles. The van der Waals surface area contributed by atoms with Crippen molar-refractivity contribution in [3.05, 3.63) is 23.3 Å².